The summed E-state index contributed by atoms with van der Waals surface area (Å²) >= 11 is 0. The van der Waals surface area contributed by atoms with Crippen LogP contribution in [0.5, 0.6) is 0 Å². The minimum absolute atomic E-state index is 0.132. The van der Waals surface area contributed by atoms with Gasteiger partial charge < -0.3 is 10.2 Å². The molecule has 0 saturated heterocycles. The molecule has 3 fully saturated rings. The molecule has 3 heteroatoms. The molecule has 4 rings (SSSR count). The van der Waals surface area contributed by atoms with Crippen molar-refractivity contribution in [2.24, 2.45) is 34.5 Å². The van der Waals surface area contributed by atoms with Crippen molar-refractivity contribution in [2.45, 2.75) is 77.9 Å². The van der Waals surface area contributed by atoms with Crippen LogP contribution in [-0.2, 0) is 4.79 Å². The summed E-state index contributed by atoms with van der Waals surface area (Å²) in [5.74, 6) is 1.13. The molecule has 0 heterocycles. The fourth-order valence-corrected chi connectivity index (χ4v) is 7.30. The second kappa shape index (κ2) is 5.17. The number of hydrogen-bond donors (Lipinski definition) is 2. The molecule has 2 N–H and O–H groups in total. The van der Waals surface area contributed by atoms with Crippen LogP contribution in [-0.4, -0.2) is 21.8 Å². The third-order valence-electron chi connectivity index (χ3n) is 8.63. The van der Waals surface area contributed by atoms with E-state index in [1.165, 1.54) is 18.4 Å². The van der Waals surface area contributed by atoms with Crippen LogP contribution in [0.25, 0.3) is 0 Å². The third kappa shape index (κ3) is 2.20. The molecule has 0 amide bonds. The number of fused-ring (bicyclic) bond motifs is 5. The van der Waals surface area contributed by atoms with Crippen molar-refractivity contribution in [3.63, 3.8) is 0 Å². The molecule has 134 valence electrons. The number of allylic oxidation sites excluding steroid dienone is 1. The molecule has 0 aliphatic heterocycles. The van der Waals surface area contributed by atoms with E-state index in [0.29, 0.717) is 36.4 Å². The number of Topliss-reactive ketones (excluding diaryl/α,β-unsaturated/α-hetero) is 1. The van der Waals surface area contributed by atoms with Gasteiger partial charge in [0, 0.05) is 18.8 Å². The minimum atomic E-state index is -1.51. The fourth-order valence-electron chi connectivity index (χ4n) is 7.30. The molecule has 0 aromatic rings. The summed E-state index contributed by atoms with van der Waals surface area (Å²) in [4.78, 5) is 12.2. The van der Waals surface area contributed by atoms with E-state index in [9.17, 15) is 15.0 Å². The van der Waals surface area contributed by atoms with Gasteiger partial charge in [-0.15, -0.1) is 0 Å². The summed E-state index contributed by atoms with van der Waals surface area (Å²) in [6.07, 6.45) is 9.81. The first kappa shape index (κ1) is 16.8. The van der Waals surface area contributed by atoms with Gasteiger partial charge in [-0.2, -0.15) is 0 Å². The summed E-state index contributed by atoms with van der Waals surface area (Å²) < 4.78 is 0. The molecule has 3 unspecified atom stereocenters. The molecule has 4 aliphatic carbocycles. The van der Waals surface area contributed by atoms with E-state index in [1.807, 2.05) is 0 Å². The molecular weight excluding hydrogens is 300 g/mol. The highest BCUT2D eigenvalue weighted by Crippen LogP contribution is 2.66. The predicted octanol–water partition coefficient (Wildman–Crippen LogP) is 3.84. The predicted molar refractivity (Wildman–Crippen MR) is 93.0 cm³/mol. The van der Waals surface area contributed by atoms with Gasteiger partial charge in [-0.3, -0.25) is 4.79 Å². The Morgan fingerprint density at radius 3 is 2.54 bits per heavy atom. The lowest BCUT2D eigenvalue weighted by Crippen LogP contribution is -2.52. The Labute approximate surface area is 145 Å². The first-order valence-corrected chi connectivity index (χ1v) is 9.82. The quantitative estimate of drug-likeness (QED) is 0.567. The van der Waals surface area contributed by atoms with Crippen LogP contribution in [0.1, 0.15) is 72.1 Å². The molecule has 0 aromatic carbocycles. The smallest absolute Gasteiger partial charge is 0.166 e. The Morgan fingerprint density at radius 2 is 1.83 bits per heavy atom. The van der Waals surface area contributed by atoms with Gasteiger partial charge in [-0.05, 0) is 74.0 Å². The van der Waals surface area contributed by atoms with Crippen molar-refractivity contribution in [3.05, 3.63) is 11.6 Å². The molecular formula is C21H32O3. The Balaban J connectivity index is 1.66. The van der Waals surface area contributed by atoms with E-state index in [-0.39, 0.29) is 16.7 Å². The van der Waals surface area contributed by atoms with Crippen molar-refractivity contribution in [2.75, 3.05) is 0 Å². The lowest BCUT2D eigenvalue weighted by Gasteiger charge is -2.58. The number of aliphatic hydroxyl groups is 2. The van der Waals surface area contributed by atoms with Crippen LogP contribution in [0.4, 0.5) is 0 Å². The summed E-state index contributed by atoms with van der Waals surface area (Å²) in [7, 11) is 0. The molecule has 3 nitrogen and oxygen atoms in total. The Bertz CT molecular complexity index is 592. The number of carbonyl (C=O) groups excluding carboxylic acids is 1. The highest BCUT2D eigenvalue weighted by atomic mass is 16.5. The van der Waals surface area contributed by atoms with Crippen LogP contribution < -0.4 is 0 Å². The van der Waals surface area contributed by atoms with Gasteiger partial charge >= 0.3 is 0 Å². The van der Waals surface area contributed by atoms with E-state index in [0.717, 1.165) is 25.7 Å². The second-order valence-corrected chi connectivity index (χ2v) is 9.70. The van der Waals surface area contributed by atoms with Gasteiger partial charge in [0.05, 0.1) is 0 Å². The maximum absolute atomic E-state index is 12.2. The number of rotatable bonds is 1. The second-order valence-electron chi connectivity index (χ2n) is 9.70. The zero-order valence-corrected chi connectivity index (χ0v) is 15.3. The van der Waals surface area contributed by atoms with Gasteiger partial charge in [0.25, 0.3) is 0 Å². The van der Waals surface area contributed by atoms with Crippen molar-refractivity contribution >= 4 is 5.78 Å². The zero-order chi connectivity index (χ0) is 17.3. The summed E-state index contributed by atoms with van der Waals surface area (Å²) in [5, 5.41) is 20.2. The highest BCUT2D eigenvalue weighted by molar-refractivity contribution is 5.79. The Hall–Kier alpha value is -0.670. The lowest BCUT2D eigenvalue weighted by atomic mass is 9.47. The maximum atomic E-state index is 12.2. The van der Waals surface area contributed by atoms with E-state index >= 15 is 0 Å². The van der Waals surface area contributed by atoms with Crippen LogP contribution in [0.3, 0.4) is 0 Å². The molecule has 24 heavy (non-hydrogen) atoms. The van der Waals surface area contributed by atoms with Gasteiger partial charge in [-0.25, -0.2) is 0 Å². The van der Waals surface area contributed by atoms with Crippen LogP contribution >= 0.6 is 0 Å². The first-order chi connectivity index (χ1) is 11.2. The topological polar surface area (TPSA) is 57.5 Å². The SMILES string of the molecule is CC(=O)[C@H]1CCC2C3CC=C4CC(O)(O)CC[C@]4(C)C3CC[C@@]21C. The van der Waals surface area contributed by atoms with Crippen molar-refractivity contribution in [1.82, 2.24) is 0 Å². The Morgan fingerprint density at radius 1 is 1.08 bits per heavy atom. The normalized spacial score (nSPS) is 49.6. The number of carbonyl (C=O) groups is 1. The largest absolute Gasteiger partial charge is 0.365 e. The molecule has 0 spiro atoms. The molecule has 4 aliphatic rings. The number of ketones is 1. The van der Waals surface area contributed by atoms with E-state index < -0.39 is 5.79 Å². The summed E-state index contributed by atoms with van der Waals surface area (Å²) in [5.41, 5.74) is 1.61. The molecule has 6 atom stereocenters. The van der Waals surface area contributed by atoms with E-state index in [2.05, 4.69) is 19.9 Å². The summed E-state index contributed by atoms with van der Waals surface area (Å²) in [6, 6.07) is 0. The van der Waals surface area contributed by atoms with Crippen molar-refractivity contribution < 1.29 is 15.0 Å². The van der Waals surface area contributed by atoms with E-state index in [4.69, 9.17) is 0 Å². The third-order valence-corrected chi connectivity index (χ3v) is 8.63. The van der Waals surface area contributed by atoms with Crippen molar-refractivity contribution in [1.29, 1.82) is 0 Å². The maximum Gasteiger partial charge on any atom is 0.166 e. The molecule has 0 bridgehead atoms. The van der Waals surface area contributed by atoms with Gasteiger partial charge in [0.15, 0.2) is 5.79 Å². The van der Waals surface area contributed by atoms with Crippen LogP contribution in [0.2, 0.25) is 0 Å². The first-order valence-electron chi connectivity index (χ1n) is 9.82. The van der Waals surface area contributed by atoms with Crippen molar-refractivity contribution in [3.8, 4) is 0 Å². The van der Waals surface area contributed by atoms with Crippen LogP contribution in [0.15, 0.2) is 11.6 Å². The molecule has 3 saturated carbocycles. The lowest BCUT2D eigenvalue weighted by molar-refractivity contribution is -0.188. The van der Waals surface area contributed by atoms with Gasteiger partial charge in [-0.1, -0.05) is 25.5 Å². The van der Waals surface area contributed by atoms with Gasteiger partial charge in [0.2, 0.25) is 0 Å². The standard InChI is InChI=1S/C21H32O3/c1-13(22)16-6-7-17-15-5-4-14-12-21(23,24)11-10-19(14,2)18(15)8-9-20(16,17)3/h4,15-18,23-24H,5-12H2,1-3H3/t15?,16-,17?,18?,19+,20-/m1/s1. The average Bonchev–Trinajstić information content (AvgIpc) is 2.85. The molecule has 0 aromatic heterocycles. The average molecular weight is 332 g/mol. The minimum Gasteiger partial charge on any atom is -0.365 e. The molecule has 0 radical (unpaired) electrons. The summed E-state index contributed by atoms with van der Waals surface area (Å²) in [6.45, 7) is 6.53. The monoisotopic (exact) mass is 332 g/mol. The fraction of sp³-hybridized carbons (Fsp3) is 0.857. The van der Waals surface area contributed by atoms with Crippen LogP contribution in [0, 0.1) is 34.5 Å². The Kier molecular flexibility index (Phi) is 3.61. The van der Waals surface area contributed by atoms with Gasteiger partial charge in [0.1, 0.15) is 5.78 Å². The number of hydrogen-bond acceptors (Lipinski definition) is 3. The van der Waals surface area contributed by atoms with E-state index in [1.54, 1.807) is 6.92 Å². The highest BCUT2D eigenvalue weighted by Gasteiger charge is 2.60. The zero-order valence-electron chi connectivity index (χ0n) is 15.3.